The van der Waals surface area contributed by atoms with E-state index in [0.717, 1.165) is 11.4 Å². The van der Waals surface area contributed by atoms with Gasteiger partial charge in [0.15, 0.2) is 12.0 Å². The Morgan fingerprint density at radius 2 is 1.30 bits per heavy atom. The Bertz CT molecular complexity index is 841. The van der Waals surface area contributed by atoms with E-state index in [9.17, 15) is 0 Å². The molecule has 2 aliphatic carbocycles. The number of halogens is 2. The van der Waals surface area contributed by atoms with Gasteiger partial charge in [0.2, 0.25) is 0 Å². The van der Waals surface area contributed by atoms with Gasteiger partial charge in [-0.2, -0.15) is 6.08 Å². The van der Waals surface area contributed by atoms with Crippen LogP contribution in [0, 0.1) is 24.0 Å². The molecule has 4 rings (SSSR count). The predicted octanol–water partition coefficient (Wildman–Crippen LogP) is -0.148. The van der Waals surface area contributed by atoms with Crippen LogP contribution >= 0.6 is 0 Å². The Hall–Kier alpha value is -0.900. The second-order valence-corrected chi connectivity index (χ2v) is 6.14. The van der Waals surface area contributed by atoms with Gasteiger partial charge in [0.25, 0.3) is 0 Å². The van der Waals surface area contributed by atoms with Gasteiger partial charge in [0.1, 0.15) is 0 Å². The molecule has 0 aromatic heterocycles. The Morgan fingerprint density at radius 1 is 0.733 bits per heavy atom. The summed E-state index contributed by atoms with van der Waals surface area (Å²) in [7, 11) is 0. The van der Waals surface area contributed by atoms with E-state index in [1.165, 1.54) is 11.1 Å². The van der Waals surface area contributed by atoms with E-state index in [-0.39, 0.29) is 92.0 Å². The Labute approximate surface area is 231 Å². The van der Waals surface area contributed by atoms with Crippen LogP contribution in [-0.4, -0.2) is 12.4 Å². The zero-order chi connectivity index (χ0) is 17.6. The van der Waals surface area contributed by atoms with Crippen molar-refractivity contribution >= 4 is 23.8 Å². The van der Waals surface area contributed by atoms with Crippen LogP contribution in [-0.2, 0) is 55.3 Å². The maximum Gasteiger partial charge on any atom is 1.00 e. The number of nitrogens with zero attached hydrogens (tertiary/aromatic N) is 2. The van der Waals surface area contributed by atoms with E-state index in [1.54, 1.807) is 0 Å². The summed E-state index contributed by atoms with van der Waals surface area (Å²) in [5.41, 5.74) is 4.24. The number of benzene rings is 2. The predicted molar refractivity (Wildman–Crippen MR) is 109 cm³/mol. The van der Waals surface area contributed by atoms with E-state index < -0.39 is 0 Å². The minimum atomic E-state index is 0. The summed E-state index contributed by atoms with van der Waals surface area (Å²) in [5, 5.41) is 0. The van der Waals surface area contributed by atoms with E-state index in [2.05, 4.69) is 58.6 Å². The van der Waals surface area contributed by atoms with Gasteiger partial charge < -0.3 is 24.8 Å². The Balaban J connectivity index is 0.00000210. The normalized spacial score (nSPS) is 17.9. The first kappa shape index (κ1) is 29.1. The van der Waals surface area contributed by atoms with E-state index in [1.807, 2.05) is 61.0 Å². The molecule has 0 amide bonds. The smallest absolute Gasteiger partial charge is 1.00 e. The molecule has 0 fully saturated rings. The van der Waals surface area contributed by atoms with Crippen molar-refractivity contribution in [3.8, 4) is 11.1 Å². The minimum Gasteiger partial charge on any atom is -1.00 e. The third-order valence-electron chi connectivity index (χ3n) is 4.24. The average Bonchev–Trinajstić information content (AvgIpc) is 3.40. The standard InChI is InChI=1S/C24H18N2.2ClH.2Hg/c1-2-6-19(5-1)17-25-23-13-9-21(10-14-23)22-11-15-24(16-12-22)26-18-20-7-3-4-8-20;;;;/h1-5,7,9-20H;2*1H;;/q;;;2*+1/p-2. The fraction of sp³-hybridized carbons (Fsp3) is 0.0833. The van der Waals surface area contributed by atoms with Crippen LogP contribution in [0.3, 0.4) is 0 Å². The largest absolute Gasteiger partial charge is 1.00 e. The Morgan fingerprint density at radius 3 is 1.77 bits per heavy atom. The second kappa shape index (κ2) is 15.0. The van der Waals surface area contributed by atoms with Crippen LogP contribution in [0.1, 0.15) is 0 Å². The van der Waals surface area contributed by atoms with Gasteiger partial charge in [-0.25, -0.2) is 12.2 Å². The molecule has 0 saturated heterocycles. The van der Waals surface area contributed by atoms with Gasteiger partial charge in [-0.1, -0.05) is 30.2 Å². The van der Waals surface area contributed by atoms with Gasteiger partial charge >= 0.3 is 55.3 Å². The molecule has 6 heteroatoms. The van der Waals surface area contributed by atoms with E-state index in [0.29, 0.717) is 0 Å². The molecule has 2 radical (unpaired) electrons. The molecule has 2 nitrogen and oxygen atoms in total. The zero-order valence-corrected chi connectivity index (χ0v) is 29.0. The van der Waals surface area contributed by atoms with Crippen molar-refractivity contribution in [2.24, 2.45) is 21.8 Å². The van der Waals surface area contributed by atoms with Crippen molar-refractivity contribution < 1.29 is 80.2 Å². The van der Waals surface area contributed by atoms with Crippen molar-refractivity contribution in [1.29, 1.82) is 0 Å². The molecule has 2 unspecified atom stereocenters. The number of allylic oxidation sites excluding steroid dienone is 8. The SMILES string of the molecule is [C+]1=CC=CC1C=Nc1ccc(-c2ccc(N=CC3[C-]=CC=C3)cc2)cc1.[Cl-].[Cl-].[Hg+].[Hg+]. The van der Waals surface area contributed by atoms with Crippen LogP contribution in [0.15, 0.2) is 95.0 Å². The van der Waals surface area contributed by atoms with Crippen LogP contribution < -0.4 is 24.8 Å². The van der Waals surface area contributed by atoms with Crippen LogP contribution in [0.25, 0.3) is 11.1 Å². The maximum absolute atomic E-state index is 4.51. The summed E-state index contributed by atoms with van der Waals surface area (Å²) < 4.78 is 0. The van der Waals surface area contributed by atoms with Crippen molar-refractivity contribution in [3.63, 3.8) is 0 Å². The summed E-state index contributed by atoms with van der Waals surface area (Å²) in [6, 6.07) is 16.5. The molecule has 0 saturated carbocycles. The molecule has 30 heavy (non-hydrogen) atoms. The second-order valence-electron chi connectivity index (χ2n) is 6.14. The van der Waals surface area contributed by atoms with Gasteiger partial charge in [-0.3, -0.25) is 16.1 Å². The third kappa shape index (κ3) is 8.32. The topological polar surface area (TPSA) is 24.7 Å². The number of hydrogen-bond acceptors (Lipinski definition) is 2. The molecule has 0 heterocycles. The zero-order valence-electron chi connectivity index (χ0n) is 16.5. The van der Waals surface area contributed by atoms with Crippen LogP contribution in [0.4, 0.5) is 11.4 Å². The van der Waals surface area contributed by atoms with Gasteiger partial charge in [-0.15, -0.1) is 0 Å². The average molecular weight is 807 g/mol. The minimum absolute atomic E-state index is 0. The fourth-order valence-electron chi connectivity index (χ4n) is 2.79. The van der Waals surface area contributed by atoms with Crippen molar-refractivity contribution in [3.05, 3.63) is 97.1 Å². The van der Waals surface area contributed by atoms with Crippen molar-refractivity contribution in [2.75, 3.05) is 0 Å². The molecule has 0 aliphatic heterocycles. The first-order valence-electron chi connectivity index (χ1n) is 8.68. The molecule has 0 bridgehead atoms. The van der Waals surface area contributed by atoms with Gasteiger partial charge in [-0.05, 0) is 41.6 Å². The van der Waals surface area contributed by atoms with Gasteiger partial charge in [0.05, 0.1) is 23.5 Å². The number of aliphatic imine (C=N–C) groups is 2. The Kier molecular flexibility index (Phi) is 14.5. The quantitative estimate of drug-likeness (QED) is 0.229. The molecular weight excluding hydrogens is 788 g/mol. The molecule has 2 aromatic rings. The van der Waals surface area contributed by atoms with Crippen molar-refractivity contribution in [1.82, 2.24) is 0 Å². The van der Waals surface area contributed by atoms with Crippen molar-refractivity contribution in [2.45, 2.75) is 0 Å². The summed E-state index contributed by atoms with van der Waals surface area (Å²) in [5.74, 6) is 0.381. The molecule has 2 aromatic carbocycles. The summed E-state index contributed by atoms with van der Waals surface area (Å²) in [4.78, 5) is 9.01. The maximum atomic E-state index is 4.51. The molecule has 2 atom stereocenters. The van der Waals surface area contributed by atoms with Crippen LogP contribution in [0.2, 0.25) is 0 Å². The molecule has 2 aliphatic rings. The van der Waals surface area contributed by atoms with E-state index in [4.69, 9.17) is 0 Å². The summed E-state index contributed by atoms with van der Waals surface area (Å²) >= 11 is 0. The number of hydrogen-bond donors (Lipinski definition) is 0. The first-order valence-corrected chi connectivity index (χ1v) is 8.68. The van der Waals surface area contributed by atoms with E-state index >= 15 is 0 Å². The molecule has 0 spiro atoms. The first-order chi connectivity index (χ1) is 12.9. The molecular formula is C24H18Cl2Hg2N2. The summed E-state index contributed by atoms with van der Waals surface area (Å²) in [6.07, 6.45) is 22.2. The van der Waals surface area contributed by atoms with Crippen LogP contribution in [0.5, 0.6) is 0 Å². The summed E-state index contributed by atoms with van der Waals surface area (Å²) in [6.45, 7) is 0. The van der Waals surface area contributed by atoms with Gasteiger partial charge in [0, 0.05) is 12.3 Å². The monoisotopic (exact) mass is 808 g/mol. The fourth-order valence-corrected chi connectivity index (χ4v) is 2.79. The molecule has 142 valence electrons. The molecule has 0 N–H and O–H groups in total. The third-order valence-corrected chi connectivity index (χ3v) is 4.24. The number of rotatable bonds is 5.